The number of hydrogen-bond donors (Lipinski definition) is 2. The Hall–Kier alpha value is -2.82. The van der Waals surface area contributed by atoms with Crippen molar-refractivity contribution in [2.24, 2.45) is 5.92 Å². The number of carbonyl (C=O) groups is 2. The molecule has 0 aliphatic heterocycles. The molecule has 150 valence electrons. The molecule has 2 rings (SSSR count). The fourth-order valence-electron chi connectivity index (χ4n) is 3.03. The van der Waals surface area contributed by atoms with E-state index in [-0.39, 0.29) is 17.7 Å². The monoisotopic (exact) mass is 382 g/mol. The average Bonchev–Trinajstić information content (AvgIpc) is 2.67. The van der Waals surface area contributed by atoms with E-state index in [1.165, 1.54) is 0 Å². The van der Waals surface area contributed by atoms with Crippen molar-refractivity contribution in [2.75, 3.05) is 11.9 Å². The molecule has 0 fully saturated rings. The van der Waals surface area contributed by atoms with Crippen molar-refractivity contribution >= 4 is 17.5 Å². The number of amides is 2. The Morgan fingerprint density at radius 1 is 1.04 bits per heavy atom. The molecular formula is C23H30N2O3. The van der Waals surface area contributed by atoms with Gasteiger partial charge in [-0.05, 0) is 61.6 Å². The topological polar surface area (TPSA) is 67.4 Å². The molecule has 0 aliphatic carbocycles. The molecule has 0 aromatic heterocycles. The van der Waals surface area contributed by atoms with Gasteiger partial charge < -0.3 is 15.4 Å². The number of carbonyl (C=O) groups excluding carboxylic acids is 2. The maximum absolute atomic E-state index is 12.9. The number of ether oxygens (including phenoxy) is 1. The molecule has 0 spiro atoms. The molecule has 2 amide bonds. The zero-order valence-electron chi connectivity index (χ0n) is 17.3. The standard InChI is InChI=1S/C23H30N2O3/c1-6-17-10-8-9-16(5)21(17)25-23(27)20(15(3)4)24-22(26)18-11-13-19(14-12-18)28-7-2/h8-15,20H,6-7H2,1-5H3,(H,24,26)(H,25,27)/t20-/m0/s1. The summed E-state index contributed by atoms with van der Waals surface area (Å²) in [6.07, 6.45) is 0.822. The summed E-state index contributed by atoms with van der Waals surface area (Å²) in [5.41, 5.74) is 3.41. The van der Waals surface area contributed by atoms with Crippen LogP contribution in [-0.4, -0.2) is 24.5 Å². The largest absolute Gasteiger partial charge is 0.494 e. The summed E-state index contributed by atoms with van der Waals surface area (Å²) in [4.78, 5) is 25.6. The summed E-state index contributed by atoms with van der Waals surface area (Å²) < 4.78 is 5.40. The van der Waals surface area contributed by atoms with Gasteiger partial charge in [-0.3, -0.25) is 9.59 Å². The molecule has 0 unspecified atom stereocenters. The van der Waals surface area contributed by atoms with Gasteiger partial charge in [0, 0.05) is 11.3 Å². The number of para-hydroxylation sites is 1. The molecule has 28 heavy (non-hydrogen) atoms. The van der Waals surface area contributed by atoms with Crippen LogP contribution < -0.4 is 15.4 Å². The maximum atomic E-state index is 12.9. The Morgan fingerprint density at radius 3 is 2.29 bits per heavy atom. The van der Waals surface area contributed by atoms with Gasteiger partial charge in [-0.1, -0.05) is 39.0 Å². The van der Waals surface area contributed by atoms with Crippen LogP contribution in [0.5, 0.6) is 5.75 Å². The Labute approximate surface area is 167 Å². The highest BCUT2D eigenvalue weighted by atomic mass is 16.5. The Balaban J connectivity index is 2.14. The summed E-state index contributed by atoms with van der Waals surface area (Å²) in [5.74, 6) is 0.167. The highest BCUT2D eigenvalue weighted by Crippen LogP contribution is 2.22. The maximum Gasteiger partial charge on any atom is 0.251 e. The molecule has 5 heteroatoms. The molecule has 1 atom stereocenters. The summed E-state index contributed by atoms with van der Waals surface area (Å²) in [6.45, 7) is 10.3. The van der Waals surface area contributed by atoms with Crippen LogP contribution in [0.15, 0.2) is 42.5 Å². The van der Waals surface area contributed by atoms with E-state index in [0.29, 0.717) is 17.9 Å². The summed E-state index contributed by atoms with van der Waals surface area (Å²) >= 11 is 0. The zero-order chi connectivity index (χ0) is 20.7. The van der Waals surface area contributed by atoms with Crippen molar-refractivity contribution in [1.82, 2.24) is 5.32 Å². The SMILES string of the molecule is CCOc1ccc(C(=O)N[C@H](C(=O)Nc2c(C)cccc2CC)C(C)C)cc1. The molecular weight excluding hydrogens is 352 g/mol. The predicted molar refractivity (Wildman–Crippen MR) is 113 cm³/mol. The van der Waals surface area contributed by atoms with Gasteiger partial charge in [0.05, 0.1) is 6.61 Å². The first-order chi connectivity index (χ1) is 13.4. The highest BCUT2D eigenvalue weighted by Gasteiger charge is 2.25. The van der Waals surface area contributed by atoms with Crippen molar-refractivity contribution in [2.45, 2.75) is 47.1 Å². The van der Waals surface area contributed by atoms with Gasteiger partial charge in [-0.25, -0.2) is 0 Å². The lowest BCUT2D eigenvalue weighted by atomic mass is 10.0. The van der Waals surface area contributed by atoms with Crippen molar-refractivity contribution in [3.63, 3.8) is 0 Å². The minimum Gasteiger partial charge on any atom is -0.494 e. The van der Waals surface area contributed by atoms with E-state index in [0.717, 1.165) is 23.2 Å². The van der Waals surface area contributed by atoms with Gasteiger partial charge in [0.25, 0.3) is 5.91 Å². The molecule has 0 saturated heterocycles. The van der Waals surface area contributed by atoms with Crippen LogP contribution in [0.1, 0.15) is 49.2 Å². The normalized spacial score (nSPS) is 11.8. The van der Waals surface area contributed by atoms with E-state index >= 15 is 0 Å². The van der Waals surface area contributed by atoms with Crippen LogP contribution in [0.25, 0.3) is 0 Å². The smallest absolute Gasteiger partial charge is 0.251 e. The van der Waals surface area contributed by atoms with Gasteiger partial charge in [-0.2, -0.15) is 0 Å². The zero-order valence-corrected chi connectivity index (χ0v) is 17.3. The van der Waals surface area contributed by atoms with Crippen molar-refractivity contribution in [3.8, 4) is 5.75 Å². The number of rotatable bonds is 8. The van der Waals surface area contributed by atoms with Crippen molar-refractivity contribution < 1.29 is 14.3 Å². The van der Waals surface area contributed by atoms with E-state index in [2.05, 4.69) is 17.6 Å². The fraction of sp³-hybridized carbons (Fsp3) is 0.391. The highest BCUT2D eigenvalue weighted by molar-refractivity contribution is 6.01. The lowest BCUT2D eigenvalue weighted by Crippen LogP contribution is -2.47. The Morgan fingerprint density at radius 2 is 1.71 bits per heavy atom. The Kier molecular flexibility index (Phi) is 7.61. The number of aryl methyl sites for hydroxylation is 2. The van der Waals surface area contributed by atoms with Crippen LogP contribution in [0, 0.1) is 12.8 Å². The summed E-state index contributed by atoms with van der Waals surface area (Å²) in [6, 6.07) is 12.2. The van der Waals surface area contributed by atoms with Gasteiger partial charge in [0.15, 0.2) is 0 Å². The van der Waals surface area contributed by atoms with Crippen LogP contribution in [0.3, 0.4) is 0 Å². The van der Waals surface area contributed by atoms with Crippen LogP contribution >= 0.6 is 0 Å². The third kappa shape index (κ3) is 5.35. The molecule has 0 heterocycles. The summed E-state index contributed by atoms with van der Waals surface area (Å²) in [7, 11) is 0. The first-order valence-corrected chi connectivity index (χ1v) is 9.80. The van der Waals surface area contributed by atoms with Crippen LogP contribution in [0.2, 0.25) is 0 Å². The minimum absolute atomic E-state index is 0.0549. The molecule has 2 aromatic rings. The number of anilines is 1. The lowest BCUT2D eigenvalue weighted by molar-refractivity contribution is -0.118. The molecule has 5 nitrogen and oxygen atoms in total. The van der Waals surface area contributed by atoms with Crippen molar-refractivity contribution in [1.29, 1.82) is 0 Å². The molecule has 0 aliphatic rings. The lowest BCUT2D eigenvalue weighted by Gasteiger charge is -2.23. The average molecular weight is 383 g/mol. The second kappa shape index (κ2) is 9.93. The third-order valence-corrected chi connectivity index (χ3v) is 4.65. The number of nitrogens with one attached hydrogen (secondary N) is 2. The van der Waals surface area contributed by atoms with E-state index < -0.39 is 6.04 Å². The summed E-state index contributed by atoms with van der Waals surface area (Å²) in [5, 5.41) is 5.89. The predicted octanol–water partition coefficient (Wildman–Crippen LogP) is 4.35. The second-order valence-electron chi connectivity index (χ2n) is 7.10. The van der Waals surface area contributed by atoms with Gasteiger partial charge in [0.2, 0.25) is 5.91 Å². The minimum atomic E-state index is -0.636. The van der Waals surface area contributed by atoms with E-state index in [4.69, 9.17) is 4.74 Å². The quantitative estimate of drug-likeness (QED) is 0.713. The van der Waals surface area contributed by atoms with Crippen molar-refractivity contribution in [3.05, 3.63) is 59.2 Å². The first kappa shape index (κ1) is 21.5. The Bertz CT molecular complexity index is 813. The second-order valence-corrected chi connectivity index (χ2v) is 7.10. The number of hydrogen-bond acceptors (Lipinski definition) is 3. The van der Waals surface area contributed by atoms with Gasteiger partial charge >= 0.3 is 0 Å². The van der Waals surface area contributed by atoms with Crippen LogP contribution in [0.4, 0.5) is 5.69 Å². The molecule has 2 N–H and O–H groups in total. The van der Waals surface area contributed by atoms with E-state index in [1.807, 2.05) is 45.9 Å². The fourth-order valence-corrected chi connectivity index (χ4v) is 3.03. The molecule has 2 aromatic carbocycles. The first-order valence-electron chi connectivity index (χ1n) is 9.80. The third-order valence-electron chi connectivity index (χ3n) is 4.65. The molecule has 0 saturated carbocycles. The van der Waals surface area contributed by atoms with Gasteiger partial charge in [-0.15, -0.1) is 0 Å². The molecule has 0 bridgehead atoms. The number of benzene rings is 2. The molecule has 0 radical (unpaired) electrons. The van der Waals surface area contributed by atoms with E-state index in [1.54, 1.807) is 24.3 Å². The van der Waals surface area contributed by atoms with Crippen LogP contribution in [-0.2, 0) is 11.2 Å². The van der Waals surface area contributed by atoms with E-state index in [9.17, 15) is 9.59 Å². The van der Waals surface area contributed by atoms with Gasteiger partial charge in [0.1, 0.15) is 11.8 Å².